The third-order valence-electron chi connectivity index (χ3n) is 3.18. The molecule has 2 aliphatic heterocycles. The largest absolute Gasteiger partial charge is 0.172 e. The average Bonchev–Trinajstić information content (AvgIpc) is 2.08. The molecule has 0 N–H and O–H groups in total. The second-order valence-electron chi connectivity index (χ2n) is 4.61. The van der Waals surface area contributed by atoms with Crippen LogP contribution in [0, 0.1) is 0 Å². The van der Waals surface area contributed by atoms with Crippen molar-refractivity contribution in [2.75, 3.05) is 0 Å². The summed E-state index contributed by atoms with van der Waals surface area (Å²) in [7, 11) is -0.205. The zero-order valence-corrected chi connectivity index (χ0v) is 16.4. The second kappa shape index (κ2) is 7.84. The first-order valence-electron chi connectivity index (χ1n) is 6.00. The van der Waals surface area contributed by atoms with Crippen LogP contribution in [-0.2, 0) is 0 Å². The molecule has 84 valence electrons. The molecule has 6 heteroatoms. The van der Waals surface area contributed by atoms with Gasteiger partial charge in [0.1, 0.15) is 15.5 Å². The van der Waals surface area contributed by atoms with Gasteiger partial charge in [-0.25, -0.2) is 0 Å². The van der Waals surface area contributed by atoms with Crippen molar-refractivity contribution in [1.29, 1.82) is 0 Å². The van der Waals surface area contributed by atoms with Crippen LogP contribution in [0.3, 0.4) is 0 Å². The van der Waals surface area contributed by atoms with Gasteiger partial charge in [-0.3, -0.25) is 0 Å². The lowest BCUT2D eigenvalue weighted by molar-refractivity contribution is 0.871. The summed E-state index contributed by atoms with van der Waals surface area (Å²) >= 11 is 9.49. The number of halogens is 2. The molecule has 0 unspecified atom stereocenters. The Kier molecular flexibility index (Phi) is 7.67. The molecular formula is C8H22BrClSi4. The summed E-state index contributed by atoms with van der Waals surface area (Å²) in [5, 5.41) is 0. The van der Waals surface area contributed by atoms with Crippen LogP contribution >= 0.6 is 26.4 Å². The molecule has 2 fully saturated rings. The highest BCUT2D eigenvalue weighted by Crippen LogP contribution is 2.28. The summed E-state index contributed by atoms with van der Waals surface area (Å²) in [4.78, 5) is 0. The number of hydrogen-bond donors (Lipinski definition) is 0. The van der Waals surface area contributed by atoms with Crippen LogP contribution in [0.5, 0.6) is 0 Å². The Labute approximate surface area is 108 Å². The number of rotatable bonds is 3. The molecule has 0 spiro atoms. The molecule has 2 heterocycles. The Morgan fingerprint density at radius 3 is 2.21 bits per heavy atom. The minimum Gasteiger partial charge on any atom is -0.172 e. The molecule has 2 rings (SSSR count). The van der Waals surface area contributed by atoms with Gasteiger partial charge in [0.25, 0.3) is 0 Å². The molecule has 0 aromatic heterocycles. The van der Waals surface area contributed by atoms with Gasteiger partial charge in [-0.15, -0.1) is 15.3 Å². The van der Waals surface area contributed by atoms with E-state index in [4.69, 9.17) is 11.1 Å². The zero-order chi connectivity index (χ0) is 10.4. The lowest BCUT2D eigenvalue weighted by Crippen LogP contribution is -2.34. The van der Waals surface area contributed by atoms with Crippen molar-refractivity contribution in [3.63, 3.8) is 0 Å². The van der Waals surface area contributed by atoms with Crippen LogP contribution in [0.1, 0.15) is 19.8 Å². The van der Waals surface area contributed by atoms with Crippen LogP contribution in [0.4, 0.5) is 0 Å². The Balaban J connectivity index is 0.000000165. The molecule has 0 nitrogen and oxygen atoms in total. The van der Waals surface area contributed by atoms with Gasteiger partial charge in [0, 0.05) is 18.3 Å². The van der Waals surface area contributed by atoms with Gasteiger partial charge in [-0.1, -0.05) is 48.5 Å². The number of unbranched alkanes of at least 4 members (excludes halogenated alkanes) is 1. The van der Waals surface area contributed by atoms with E-state index in [0.717, 1.165) is 0 Å². The van der Waals surface area contributed by atoms with Crippen LogP contribution in [-0.4, -0.2) is 33.8 Å². The van der Waals surface area contributed by atoms with Crippen molar-refractivity contribution in [2.24, 2.45) is 0 Å². The van der Waals surface area contributed by atoms with Gasteiger partial charge in [-0.05, 0) is 0 Å². The fraction of sp³-hybridized carbons (Fsp3) is 1.00. The van der Waals surface area contributed by atoms with Gasteiger partial charge in [-0.2, -0.15) is 11.1 Å². The molecule has 0 amide bonds. The van der Waals surface area contributed by atoms with Gasteiger partial charge >= 0.3 is 0 Å². The third kappa shape index (κ3) is 5.65. The van der Waals surface area contributed by atoms with E-state index in [-0.39, 0.29) is 16.2 Å². The van der Waals surface area contributed by atoms with Gasteiger partial charge in [0.15, 0.2) is 0 Å². The van der Waals surface area contributed by atoms with E-state index in [1.807, 2.05) is 0 Å². The smallest absolute Gasteiger partial charge is 0.134 e. The lowest BCUT2D eigenvalue weighted by Gasteiger charge is -2.28. The van der Waals surface area contributed by atoms with E-state index in [0.29, 0.717) is 9.52 Å². The van der Waals surface area contributed by atoms with E-state index in [9.17, 15) is 0 Å². The first-order valence-corrected chi connectivity index (χ1v) is 18.6. The standard InChI is InChI=1S/C6H15BrSi2.C2H7ClSi2/c1-2-3-4-8-5-9(7)6-8;3-5-1-4-2-5/h8-9H,2-6H2,1H3;5H,1-2,4H2. The summed E-state index contributed by atoms with van der Waals surface area (Å²) < 4.78 is 0. The average molecular weight is 346 g/mol. The maximum atomic E-state index is 5.72. The Morgan fingerprint density at radius 1 is 1.36 bits per heavy atom. The fourth-order valence-electron chi connectivity index (χ4n) is 1.74. The summed E-state index contributed by atoms with van der Waals surface area (Å²) in [6.45, 7) is 2.30. The monoisotopic (exact) mass is 344 g/mol. The summed E-state index contributed by atoms with van der Waals surface area (Å²) in [6.07, 6.45) is 2.93. The lowest BCUT2D eigenvalue weighted by atomic mass is 10.4. The van der Waals surface area contributed by atoms with Crippen molar-refractivity contribution < 1.29 is 0 Å². The highest BCUT2D eigenvalue weighted by molar-refractivity contribution is 9.24. The normalized spacial score (nSPS) is 36.6. The van der Waals surface area contributed by atoms with Crippen molar-refractivity contribution >= 4 is 60.2 Å². The molecule has 0 aliphatic carbocycles. The Morgan fingerprint density at radius 2 is 1.93 bits per heavy atom. The molecule has 2 aliphatic rings. The van der Waals surface area contributed by atoms with Crippen molar-refractivity contribution in [2.45, 2.75) is 48.5 Å². The summed E-state index contributed by atoms with van der Waals surface area (Å²) in [5.41, 5.74) is 6.48. The predicted octanol–water partition coefficient (Wildman–Crippen LogP) is 2.27. The first kappa shape index (κ1) is 13.7. The third-order valence-corrected chi connectivity index (χ3v) is 32.8. The van der Waals surface area contributed by atoms with Gasteiger partial charge in [0.05, 0.1) is 0 Å². The predicted molar refractivity (Wildman–Crippen MR) is 83.7 cm³/mol. The molecule has 2 saturated heterocycles. The van der Waals surface area contributed by atoms with Crippen molar-refractivity contribution in [1.82, 2.24) is 0 Å². The highest BCUT2D eigenvalue weighted by atomic mass is 79.9. The number of hydrogen-bond acceptors (Lipinski definition) is 0. The molecule has 0 aromatic rings. The molecule has 0 atom stereocenters. The van der Waals surface area contributed by atoms with E-state index in [1.165, 1.54) is 24.2 Å². The summed E-state index contributed by atoms with van der Waals surface area (Å²) in [6, 6.07) is 1.64. The van der Waals surface area contributed by atoms with Crippen LogP contribution in [0.15, 0.2) is 0 Å². The maximum absolute atomic E-state index is 5.72. The van der Waals surface area contributed by atoms with E-state index in [1.54, 1.807) is 17.4 Å². The zero-order valence-electron chi connectivity index (χ0n) is 9.14. The van der Waals surface area contributed by atoms with Crippen LogP contribution in [0.25, 0.3) is 0 Å². The molecule has 14 heavy (non-hydrogen) atoms. The van der Waals surface area contributed by atoms with Gasteiger partial charge < -0.3 is 0 Å². The van der Waals surface area contributed by atoms with Crippen molar-refractivity contribution in [3.05, 3.63) is 0 Å². The minimum atomic E-state index is -0.435. The van der Waals surface area contributed by atoms with E-state index >= 15 is 0 Å². The molecule has 0 bridgehead atoms. The molecule has 0 radical (unpaired) electrons. The molecule has 0 aromatic carbocycles. The highest BCUT2D eigenvalue weighted by Gasteiger charge is 2.28. The second-order valence-corrected chi connectivity index (χ2v) is 24.1. The minimum absolute atomic E-state index is 0.0614. The SMILES string of the molecule is CCCC[SiH]1C[SiH](Br)C1.Cl[SiH]1C[SiH2]C1. The topological polar surface area (TPSA) is 0 Å². The first-order chi connectivity index (χ1) is 6.72. The van der Waals surface area contributed by atoms with Crippen molar-refractivity contribution in [3.8, 4) is 0 Å². The fourth-order valence-corrected chi connectivity index (χ4v) is 25.0. The Bertz CT molecular complexity index is 150. The van der Waals surface area contributed by atoms with E-state index < -0.39 is 8.11 Å². The summed E-state index contributed by atoms with van der Waals surface area (Å²) in [5.74, 6) is 0. The molecular weight excluding hydrogens is 324 g/mol. The maximum Gasteiger partial charge on any atom is 0.134 e. The van der Waals surface area contributed by atoms with E-state index in [2.05, 4.69) is 22.2 Å². The van der Waals surface area contributed by atoms with Crippen LogP contribution < -0.4 is 0 Å². The Hall–Kier alpha value is 1.64. The quantitative estimate of drug-likeness (QED) is 0.544. The van der Waals surface area contributed by atoms with Gasteiger partial charge in [0.2, 0.25) is 0 Å². The van der Waals surface area contributed by atoms with Crippen LogP contribution in [0.2, 0.25) is 28.7 Å². The molecule has 0 saturated carbocycles.